The van der Waals surface area contributed by atoms with Crippen LogP contribution < -0.4 is 0 Å². The van der Waals surface area contributed by atoms with Crippen LogP contribution in [0.15, 0.2) is 0 Å². The van der Waals surface area contributed by atoms with Gasteiger partial charge in [0.25, 0.3) is 0 Å². The molecule has 0 spiro atoms. The van der Waals surface area contributed by atoms with Crippen LogP contribution in [0, 0.1) is 0 Å². The summed E-state index contributed by atoms with van der Waals surface area (Å²) in [5.74, 6) is 0. The Balaban J connectivity index is 2.29. The van der Waals surface area contributed by atoms with E-state index in [1.807, 2.05) is 6.92 Å². The summed E-state index contributed by atoms with van der Waals surface area (Å²) in [4.78, 5) is 2.37. The maximum atomic E-state index is 9.67. The molecule has 0 unspecified atom stereocenters. The normalized spacial score (nSPS) is 25.8. The van der Waals surface area contributed by atoms with Crippen LogP contribution in [0.1, 0.15) is 40.0 Å². The van der Waals surface area contributed by atoms with E-state index < -0.39 is 0 Å². The Bertz CT molecular complexity index is 171. The van der Waals surface area contributed by atoms with Crippen molar-refractivity contribution in [2.75, 3.05) is 19.7 Å². The summed E-state index contributed by atoms with van der Waals surface area (Å²) in [6.45, 7) is 8.85. The molecule has 1 saturated heterocycles. The zero-order valence-corrected chi connectivity index (χ0v) is 10.3. The van der Waals surface area contributed by atoms with Crippen LogP contribution in [0.2, 0.25) is 0 Å². The van der Waals surface area contributed by atoms with Gasteiger partial charge in [0.1, 0.15) is 0 Å². The topological polar surface area (TPSA) is 32.7 Å². The van der Waals surface area contributed by atoms with E-state index in [0.29, 0.717) is 12.1 Å². The van der Waals surface area contributed by atoms with E-state index in [9.17, 15) is 5.11 Å². The first-order valence-corrected chi connectivity index (χ1v) is 6.15. The Morgan fingerprint density at radius 2 is 2.07 bits per heavy atom. The van der Waals surface area contributed by atoms with Crippen molar-refractivity contribution >= 4 is 0 Å². The molecule has 0 bridgehead atoms. The second kappa shape index (κ2) is 6.46. The molecule has 1 rings (SSSR count). The molecule has 0 aromatic heterocycles. The summed E-state index contributed by atoms with van der Waals surface area (Å²) in [6.07, 6.45) is 3.71. The number of hydrogen-bond acceptors (Lipinski definition) is 3. The molecule has 0 saturated carbocycles. The van der Waals surface area contributed by atoms with Crippen molar-refractivity contribution in [1.82, 2.24) is 4.90 Å². The lowest BCUT2D eigenvalue weighted by atomic mass is 9.98. The molecule has 3 heteroatoms. The van der Waals surface area contributed by atoms with Crippen molar-refractivity contribution < 1.29 is 9.84 Å². The smallest absolute Gasteiger partial charge is 0.0667 e. The molecule has 0 aliphatic carbocycles. The molecule has 2 atom stereocenters. The largest absolute Gasteiger partial charge is 0.392 e. The minimum absolute atomic E-state index is 0.218. The molecule has 1 heterocycles. The summed E-state index contributed by atoms with van der Waals surface area (Å²) in [5, 5.41) is 9.67. The van der Waals surface area contributed by atoms with Gasteiger partial charge in [-0.15, -0.1) is 0 Å². The highest BCUT2D eigenvalue weighted by Gasteiger charge is 2.25. The predicted octanol–water partition coefficient (Wildman–Crippen LogP) is 1.65. The maximum Gasteiger partial charge on any atom is 0.0667 e. The van der Waals surface area contributed by atoms with Crippen molar-refractivity contribution in [3.05, 3.63) is 0 Å². The molecule has 0 aromatic rings. The minimum atomic E-state index is -0.218. The highest BCUT2D eigenvalue weighted by Crippen LogP contribution is 2.19. The standard InChI is InChI=1S/C12H25NO2/c1-10(2)15-9-8-13-7-5-4-6-12(13)11(3)14/h10-12,14H,4-9H2,1-3H3/t11-,12-/m1/s1. The van der Waals surface area contributed by atoms with Gasteiger partial charge in [-0.3, -0.25) is 4.90 Å². The number of ether oxygens (including phenoxy) is 1. The van der Waals surface area contributed by atoms with E-state index in [2.05, 4.69) is 18.7 Å². The molecule has 3 nitrogen and oxygen atoms in total. The highest BCUT2D eigenvalue weighted by molar-refractivity contribution is 4.80. The molecule has 1 aliphatic heterocycles. The lowest BCUT2D eigenvalue weighted by molar-refractivity contribution is 0.00354. The molecule has 15 heavy (non-hydrogen) atoms. The maximum absolute atomic E-state index is 9.67. The number of hydrogen-bond donors (Lipinski definition) is 1. The van der Waals surface area contributed by atoms with Crippen molar-refractivity contribution in [2.45, 2.75) is 58.3 Å². The molecule has 90 valence electrons. The van der Waals surface area contributed by atoms with Gasteiger partial charge in [0.05, 0.1) is 18.8 Å². The number of aliphatic hydroxyl groups is 1. The van der Waals surface area contributed by atoms with Gasteiger partial charge in [0.15, 0.2) is 0 Å². The first-order chi connectivity index (χ1) is 7.11. The van der Waals surface area contributed by atoms with E-state index in [1.165, 1.54) is 12.8 Å². The fourth-order valence-corrected chi connectivity index (χ4v) is 2.25. The quantitative estimate of drug-likeness (QED) is 0.757. The Kier molecular flexibility index (Phi) is 5.58. The minimum Gasteiger partial charge on any atom is -0.392 e. The lowest BCUT2D eigenvalue weighted by Crippen LogP contribution is -2.47. The summed E-state index contributed by atoms with van der Waals surface area (Å²) < 4.78 is 5.55. The molecule has 1 N–H and O–H groups in total. The van der Waals surface area contributed by atoms with Crippen molar-refractivity contribution in [3.8, 4) is 0 Å². The van der Waals surface area contributed by atoms with Gasteiger partial charge in [0, 0.05) is 12.6 Å². The molecule has 0 amide bonds. The summed E-state index contributed by atoms with van der Waals surface area (Å²) in [7, 11) is 0. The summed E-state index contributed by atoms with van der Waals surface area (Å²) >= 11 is 0. The number of likely N-dealkylation sites (tertiary alicyclic amines) is 1. The van der Waals surface area contributed by atoms with Crippen molar-refractivity contribution in [3.63, 3.8) is 0 Å². The molecule has 0 aromatic carbocycles. The monoisotopic (exact) mass is 215 g/mol. The van der Waals surface area contributed by atoms with E-state index in [-0.39, 0.29) is 6.10 Å². The average molecular weight is 215 g/mol. The molecule has 1 aliphatic rings. The Morgan fingerprint density at radius 1 is 1.33 bits per heavy atom. The van der Waals surface area contributed by atoms with E-state index in [1.54, 1.807) is 0 Å². The number of aliphatic hydroxyl groups excluding tert-OH is 1. The van der Waals surface area contributed by atoms with Gasteiger partial charge in [0.2, 0.25) is 0 Å². The van der Waals surface area contributed by atoms with Gasteiger partial charge < -0.3 is 9.84 Å². The zero-order valence-electron chi connectivity index (χ0n) is 10.3. The van der Waals surface area contributed by atoms with E-state index >= 15 is 0 Å². The Morgan fingerprint density at radius 3 is 2.67 bits per heavy atom. The second-order valence-electron chi connectivity index (χ2n) is 4.76. The molecule has 1 fully saturated rings. The van der Waals surface area contributed by atoms with E-state index in [4.69, 9.17) is 4.74 Å². The van der Waals surface area contributed by atoms with Crippen LogP contribution in [0.4, 0.5) is 0 Å². The fourth-order valence-electron chi connectivity index (χ4n) is 2.25. The first-order valence-electron chi connectivity index (χ1n) is 6.15. The average Bonchev–Trinajstić information content (AvgIpc) is 2.17. The highest BCUT2D eigenvalue weighted by atomic mass is 16.5. The van der Waals surface area contributed by atoms with Gasteiger partial charge >= 0.3 is 0 Å². The van der Waals surface area contributed by atoms with Crippen molar-refractivity contribution in [1.29, 1.82) is 0 Å². The fraction of sp³-hybridized carbons (Fsp3) is 1.00. The molecular weight excluding hydrogens is 190 g/mol. The molecule has 0 radical (unpaired) electrons. The van der Waals surface area contributed by atoms with Gasteiger partial charge in [-0.25, -0.2) is 0 Å². The second-order valence-corrected chi connectivity index (χ2v) is 4.76. The van der Waals surface area contributed by atoms with E-state index in [0.717, 1.165) is 26.1 Å². The van der Waals surface area contributed by atoms with Crippen LogP contribution >= 0.6 is 0 Å². The Hall–Kier alpha value is -0.120. The summed E-state index contributed by atoms with van der Waals surface area (Å²) in [6, 6.07) is 0.342. The predicted molar refractivity (Wildman–Crippen MR) is 62.0 cm³/mol. The Labute approximate surface area is 93.4 Å². The van der Waals surface area contributed by atoms with Crippen LogP contribution in [0.5, 0.6) is 0 Å². The lowest BCUT2D eigenvalue weighted by Gasteiger charge is -2.37. The van der Waals surface area contributed by atoms with Crippen LogP contribution in [0.3, 0.4) is 0 Å². The third-order valence-corrected chi connectivity index (χ3v) is 3.05. The first kappa shape index (κ1) is 12.9. The third kappa shape index (κ3) is 4.49. The molecular formula is C12H25NO2. The van der Waals surface area contributed by atoms with Gasteiger partial charge in [-0.05, 0) is 40.2 Å². The van der Waals surface area contributed by atoms with Crippen molar-refractivity contribution in [2.24, 2.45) is 0 Å². The SMILES string of the molecule is CC(C)OCCN1CCCC[C@@H]1[C@@H](C)O. The van der Waals surface area contributed by atoms with Gasteiger partial charge in [-0.1, -0.05) is 6.42 Å². The van der Waals surface area contributed by atoms with Crippen LogP contribution in [0.25, 0.3) is 0 Å². The number of rotatable bonds is 5. The van der Waals surface area contributed by atoms with Crippen LogP contribution in [-0.2, 0) is 4.74 Å². The number of piperidine rings is 1. The number of nitrogens with zero attached hydrogens (tertiary/aromatic N) is 1. The van der Waals surface area contributed by atoms with Crippen LogP contribution in [-0.4, -0.2) is 48.0 Å². The summed E-state index contributed by atoms with van der Waals surface area (Å²) in [5.41, 5.74) is 0. The van der Waals surface area contributed by atoms with Gasteiger partial charge in [-0.2, -0.15) is 0 Å². The zero-order chi connectivity index (χ0) is 11.3. The third-order valence-electron chi connectivity index (χ3n) is 3.05.